The lowest BCUT2D eigenvalue weighted by molar-refractivity contribution is 0.569. The number of furan rings is 1. The second-order valence-electron chi connectivity index (χ2n) is 17.4. The summed E-state index contributed by atoms with van der Waals surface area (Å²) in [7, 11) is 0. The molecule has 4 heteroatoms. The molecule has 9 aromatic rings. The summed E-state index contributed by atoms with van der Waals surface area (Å²) in [6, 6.07) is 52.0. The first-order chi connectivity index (χ1) is 26.1. The summed E-state index contributed by atoms with van der Waals surface area (Å²) >= 11 is 0. The van der Waals surface area contributed by atoms with E-state index in [2.05, 4.69) is 190 Å². The topological polar surface area (TPSA) is 21.3 Å². The van der Waals surface area contributed by atoms with Crippen molar-refractivity contribution in [3.63, 3.8) is 0 Å². The second kappa shape index (κ2) is 10.8. The minimum Gasteiger partial charge on any atom is -0.456 e. The van der Waals surface area contributed by atoms with Gasteiger partial charge in [0.05, 0.1) is 11.1 Å². The molecule has 0 bridgehead atoms. The van der Waals surface area contributed by atoms with Crippen molar-refractivity contribution in [3.8, 4) is 22.3 Å². The number of benzene rings is 7. The van der Waals surface area contributed by atoms with Gasteiger partial charge >= 0.3 is 6.85 Å². The molecule has 0 amide bonds. The van der Waals surface area contributed by atoms with Gasteiger partial charge in [0.15, 0.2) is 0 Å². The van der Waals surface area contributed by atoms with Crippen LogP contribution in [0.2, 0.25) is 0 Å². The number of aromatic nitrogens is 1. The molecule has 0 aliphatic carbocycles. The Labute approximate surface area is 316 Å². The molecule has 260 valence electrons. The van der Waals surface area contributed by atoms with Gasteiger partial charge in [-0.15, -0.1) is 0 Å². The molecule has 0 saturated heterocycles. The maximum atomic E-state index is 6.85. The summed E-state index contributed by atoms with van der Waals surface area (Å²) in [6.07, 6.45) is 0. The van der Waals surface area contributed by atoms with E-state index < -0.39 is 0 Å². The van der Waals surface area contributed by atoms with Crippen molar-refractivity contribution in [2.75, 3.05) is 4.90 Å². The fraction of sp³-hybridized carbons (Fsp3) is 0.160. The van der Waals surface area contributed by atoms with Crippen LogP contribution >= 0.6 is 0 Å². The minimum absolute atomic E-state index is 0.0469. The Bertz CT molecular complexity index is 2990. The van der Waals surface area contributed by atoms with Crippen LogP contribution in [-0.2, 0) is 10.8 Å². The molecule has 7 aromatic carbocycles. The zero-order chi connectivity index (χ0) is 36.7. The molecule has 0 unspecified atom stereocenters. The van der Waals surface area contributed by atoms with Crippen molar-refractivity contribution < 1.29 is 4.42 Å². The smallest absolute Gasteiger partial charge is 0.333 e. The number of rotatable bonds is 2. The maximum Gasteiger partial charge on any atom is 0.333 e. The van der Waals surface area contributed by atoms with Crippen LogP contribution in [-0.4, -0.2) is 11.3 Å². The Morgan fingerprint density at radius 2 is 1.22 bits per heavy atom. The van der Waals surface area contributed by atoms with Crippen LogP contribution in [0, 0.1) is 0 Å². The molecule has 11 rings (SSSR count). The lowest BCUT2D eigenvalue weighted by Gasteiger charge is -2.41. The molecule has 3 nitrogen and oxygen atoms in total. The third-order valence-corrected chi connectivity index (χ3v) is 12.0. The number of hydrogen-bond acceptors (Lipinski definition) is 2. The molecule has 2 aliphatic heterocycles. The normalized spacial score (nSPS) is 13.7. The van der Waals surface area contributed by atoms with Crippen molar-refractivity contribution in [2.45, 2.75) is 52.4 Å². The standard InChI is InChI=1S/C50H41BN2O/c1-49(2,3)32-26-33(50(4,5)6)28-34(27-32)52-42-25-31(30-15-8-7-9-16-30)23-24-40(42)51-46-39(29-44-45(48(46)52)38-18-11-13-22-43(38)54-44)37-20-14-19-36-35-17-10-12-21-41(35)53(51)47(36)37/h7-29H,1-6H3. The van der Waals surface area contributed by atoms with E-state index in [0.717, 1.165) is 21.9 Å². The van der Waals surface area contributed by atoms with Gasteiger partial charge in [0, 0.05) is 44.1 Å². The predicted octanol–water partition coefficient (Wildman–Crippen LogP) is 12.4. The number of fused-ring (bicyclic) bond motifs is 11. The van der Waals surface area contributed by atoms with Crippen molar-refractivity contribution >= 4 is 78.6 Å². The fourth-order valence-electron chi connectivity index (χ4n) is 9.35. The summed E-state index contributed by atoms with van der Waals surface area (Å²) in [5.41, 5.74) is 18.1. The van der Waals surface area contributed by atoms with Crippen LogP contribution in [0.5, 0.6) is 0 Å². The zero-order valence-corrected chi connectivity index (χ0v) is 31.7. The predicted molar refractivity (Wildman–Crippen MR) is 230 cm³/mol. The lowest BCUT2D eigenvalue weighted by Crippen LogP contribution is -2.56. The molecule has 0 radical (unpaired) electrons. The molecule has 0 saturated carbocycles. The van der Waals surface area contributed by atoms with E-state index in [9.17, 15) is 0 Å². The fourth-order valence-corrected chi connectivity index (χ4v) is 9.35. The minimum atomic E-state index is -0.0502. The van der Waals surface area contributed by atoms with Crippen molar-refractivity contribution in [2.24, 2.45) is 0 Å². The second-order valence-corrected chi connectivity index (χ2v) is 17.4. The van der Waals surface area contributed by atoms with Crippen LogP contribution in [0.1, 0.15) is 52.7 Å². The van der Waals surface area contributed by atoms with E-state index >= 15 is 0 Å². The van der Waals surface area contributed by atoms with E-state index in [-0.39, 0.29) is 17.7 Å². The van der Waals surface area contributed by atoms with Gasteiger partial charge in [-0.2, -0.15) is 0 Å². The SMILES string of the molecule is CC(C)(C)c1cc(N2c3cc(-c4ccccc4)ccc3B3c4c(cc5oc6ccccc6c5c42)-c2cccc4c5ccccc5n3c24)cc(C(C)(C)C)c1. The van der Waals surface area contributed by atoms with E-state index in [0.29, 0.717) is 0 Å². The first-order valence-corrected chi connectivity index (χ1v) is 19.2. The summed E-state index contributed by atoms with van der Waals surface area (Å²) in [6.45, 7) is 13.9. The summed E-state index contributed by atoms with van der Waals surface area (Å²) in [5, 5.41) is 4.88. The quantitative estimate of drug-likeness (QED) is 0.168. The van der Waals surface area contributed by atoms with E-state index in [1.807, 2.05) is 0 Å². The third-order valence-electron chi connectivity index (χ3n) is 12.0. The van der Waals surface area contributed by atoms with Crippen molar-refractivity contribution in [1.82, 2.24) is 4.48 Å². The van der Waals surface area contributed by atoms with Gasteiger partial charge in [0.2, 0.25) is 0 Å². The number of hydrogen-bond donors (Lipinski definition) is 0. The number of anilines is 3. The first kappa shape index (κ1) is 31.5. The molecule has 0 N–H and O–H groups in total. The highest BCUT2D eigenvalue weighted by Crippen LogP contribution is 2.51. The highest BCUT2D eigenvalue weighted by molar-refractivity contribution is 6.90. The summed E-state index contributed by atoms with van der Waals surface area (Å²) in [5.74, 6) is 0. The largest absolute Gasteiger partial charge is 0.456 e. The molecule has 54 heavy (non-hydrogen) atoms. The highest BCUT2D eigenvalue weighted by Gasteiger charge is 2.44. The van der Waals surface area contributed by atoms with E-state index in [1.54, 1.807) is 0 Å². The molecule has 4 heterocycles. The van der Waals surface area contributed by atoms with Crippen LogP contribution in [0.4, 0.5) is 17.1 Å². The molecule has 0 atom stereocenters. The monoisotopic (exact) mass is 696 g/mol. The van der Waals surface area contributed by atoms with Crippen LogP contribution < -0.4 is 15.8 Å². The van der Waals surface area contributed by atoms with Gasteiger partial charge < -0.3 is 13.8 Å². The molecule has 2 aliphatic rings. The zero-order valence-electron chi connectivity index (χ0n) is 31.7. The van der Waals surface area contributed by atoms with Gasteiger partial charge in [0.1, 0.15) is 11.2 Å². The average molecular weight is 697 g/mol. The Morgan fingerprint density at radius 1 is 0.537 bits per heavy atom. The lowest BCUT2D eigenvalue weighted by atomic mass is 9.45. The van der Waals surface area contributed by atoms with Crippen molar-refractivity contribution in [1.29, 1.82) is 0 Å². The highest BCUT2D eigenvalue weighted by atomic mass is 16.3. The molecule has 2 aromatic heterocycles. The number of para-hydroxylation sites is 3. The van der Waals surface area contributed by atoms with Gasteiger partial charge in [-0.05, 0) is 86.0 Å². The third kappa shape index (κ3) is 4.31. The van der Waals surface area contributed by atoms with Crippen LogP contribution in [0.15, 0.2) is 144 Å². The van der Waals surface area contributed by atoms with E-state index in [4.69, 9.17) is 4.42 Å². The Hall–Kier alpha value is -6.00. The van der Waals surface area contributed by atoms with Gasteiger partial charge in [-0.3, -0.25) is 0 Å². The Balaban J connectivity index is 1.36. The first-order valence-electron chi connectivity index (χ1n) is 19.2. The molecule has 0 spiro atoms. The maximum absolute atomic E-state index is 6.85. The number of nitrogens with zero attached hydrogens (tertiary/aromatic N) is 2. The van der Waals surface area contributed by atoms with E-state index in [1.165, 1.54) is 83.2 Å². The Morgan fingerprint density at radius 3 is 1.98 bits per heavy atom. The van der Waals surface area contributed by atoms with Gasteiger partial charge in [-0.25, -0.2) is 0 Å². The molecular formula is C50H41BN2O. The van der Waals surface area contributed by atoms with Gasteiger partial charge in [-0.1, -0.05) is 145 Å². The van der Waals surface area contributed by atoms with Crippen molar-refractivity contribution in [3.05, 3.63) is 151 Å². The average Bonchev–Trinajstić information content (AvgIpc) is 3.72. The molecular weight excluding hydrogens is 655 g/mol. The van der Waals surface area contributed by atoms with Crippen LogP contribution in [0.3, 0.4) is 0 Å². The Kier molecular flexibility index (Phi) is 6.30. The summed E-state index contributed by atoms with van der Waals surface area (Å²) in [4.78, 5) is 2.60. The molecule has 0 fully saturated rings. The van der Waals surface area contributed by atoms with Gasteiger partial charge in [0.25, 0.3) is 0 Å². The summed E-state index contributed by atoms with van der Waals surface area (Å²) < 4.78 is 9.49. The van der Waals surface area contributed by atoms with Crippen LogP contribution in [0.25, 0.3) is 66.0 Å².